The van der Waals surface area contributed by atoms with Crippen molar-refractivity contribution in [3.63, 3.8) is 0 Å². The van der Waals surface area contributed by atoms with E-state index in [-0.39, 0.29) is 12.6 Å². The number of nitrogens with two attached hydrogens (primary N) is 1. The van der Waals surface area contributed by atoms with E-state index in [1.54, 1.807) is 4.90 Å². The molecular weight excluding hydrogens is 184 g/mol. The van der Waals surface area contributed by atoms with Gasteiger partial charge in [-0.2, -0.15) is 0 Å². The summed E-state index contributed by atoms with van der Waals surface area (Å²) in [4.78, 5) is 12.5. The molecule has 0 unspecified atom stereocenters. The fourth-order valence-electron chi connectivity index (χ4n) is 1.63. The third-order valence-electron chi connectivity index (χ3n) is 2.52. The van der Waals surface area contributed by atoms with Crippen LogP contribution >= 0.6 is 0 Å². The Morgan fingerprint density at radius 3 is 2.64 bits per heavy atom. The molecule has 0 aliphatic carbocycles. The number of aliphatic hydroxyl groups excluding tert-OH is 1. The molecule has 14 heavy (non-hydrogen) atoms. The first-order valence-electron chi connectivity index (χ1n) is 4.97. The van der Waals surface area contributed by atoms with Gasteiger partial charge in [0.15, 0.2) is 0 Å². The number of carbonyl (C=O) groups is 1. The first-order valence-corrected chi connectivity index (χ1v) is 4.97. The third-order valence-corrected chi connectivity index (χ3v) is 2.52. The van der Waals surface area contributed by atoms with Crippen LogP contribution in [0.25, 0.3) is 0 Å². The predicted octanol–water partition coefficient (Wildman–Crippen LogP) is -0.214. The van der Waals surface area contributed by atoms with Crippen molar-refractivity contribution in [3.8, 4) is 0 Å². The Hall–Kier alpha value is -0.810. The normalized spacial score (nSPS) is 18.5. The molecule has 1 rings (SSSR count). The van der Waals surface area contributed by atoms with Gasteiger partial charge in [-0.25, -0.2) is 4.79 Å². The first kappa shape index (κ1) is 11.3. The van der Waals surface area contributed by atoms with Crippen LogP contribution in [0.4, 0.5) is 4.79 Å². The van der Waals surface area contributed by atoms with Crippen LogP contribution in [0.15, 0.2) is 0 Å². The van der Waals surface area contributed by atoms with Crippen molar-refractivity contribution in [2.75, 3.05) is 32.9 Å². The number of piperidine rings is 1. The van der Waals surface area contributed by atoms with Gasteiger partial charge < -0.3 is 20.5 Å². The highest BCUT2D eigenvalue weighted by Crippen LogP contribution is 2.16. The maximum Gasteiger partial charge on any atom is 0.314 e. The van der Waals surface area contributed by atoms with Crippen LogP contribution in [0.3, 0.4) is 0 Å². The molecule has 0 aromatic rings. The average molecular weight is 202 g/mol. The molecule has 1 heterocycles. The number of amides is 2. The Kier molecular flexibility index (Phi) is 4.69. The van der Waals surface area contributed by atoms with E-state index in [1.165, 1.54) is 0 Å². The summed E-state index contributed by atoms with van der Waals surface area (Å²) in [6.07, 6.45) is 1.88. The number of primary amides is 1. The smallest absolute Gasteiger partial charge is 0.314 e. The van der Waals surface area contributed by atoms with Crippen molar-refractivity contribution < 1.29 is 14.6 Å². The zero-order valence-electron chi connectivity index (χ0n) is 8.32. The Morgan fingerprint density at radius 1 is 1.50 bits per heavy atom. The lowest BCUT2D eigenvalue weighted by Crippen LogP contribution is -2.42. The van der Waals surface area contributed by atoms with Gasteiger partial charge in [0.1, 0.15) is 0 Å². The van der Waals surface area contributed by atoms with Crippen molar-refractivity contribution in [1.82, 2.24) is 4.90 Å². The number of hydrogen-bond donors (Lipinski definition) is 2. The van der Waals surface area contributed by atoms with E-state index in [1.807, 2.05) is 0 Å². The summed E-state index contributed by atoms with van der Waals surface area (Å²) in [5.74, 6) is 0.497. The van der Waals surface area contributed by atoms with Crippen LogP contribution in [0, 0.1) is 5.92 Å². The predicted molar refractivity (Wildman–Crippen MR) is 51.8 cm³/mol. The lowest BCUT2D eigenvalue weighted by molar-refractivity contribution is 0.0509. The van der Waals surface area contributed by atoms with Crippen molar-refractivity contribution in [1.29, 1.82) is 0 Å². The largest absolute Gasteiger partial charge is 0.394 e. The SMILES string of the molecule is NC(=O)N1CCC(COCCO)CC1. The summed E-state index contributed by atoms with van der Waals surface area (Å²) in [5, 5.41) is 8.52. The molecule has 0 aromatic heterocycles. The highest BCUT2D eigenvalue weighted by atomic mass is 16.5. The Balaban J connectivity index is 2.12. The van der Waals surface area contributed by atoms with E-state index in [2.05, 4.69) is 0 Å². The Morgan fingerprint density at radius 2 is 2.14 bits per heavy atom. The van der Waals surface area contributed by atoms with E-state index in [9.17, 15) is 4.79 Å². The van der Waals surface area contributed by atoms with E-state index < -0.39 is 0 Å². The number of nitrogens with zero attached hydrogens (tertiary/aromatic N) is 1. The van der Waals surface area contributed by atoms with Gasteiger partial charge in [-0.3, -0.25) is 0 Å². The van der Waals surface area contributed by atoms with Crippen molar-refractivity contribution >= 4 is 6.03 Å². The summed E-state index contributed by atoms with van der Waals surface area (Å²) in [7, 11) is 0. The second-order valence-electron chi connectivity index (χ2n) is 3.57. The third kappa shape index (κ3) is 3.51. The van der Waals surface area contributed by atoms with Crippen molar-refractivity contribution in [2.45, 2.75) is 12.8 Å². The van der Waals surface area contributed by atoms with Crippen molar-refractivity contribution in [2.24, 2.45) is 11.7 Å². The number of hydrogen-bond acceptors (Lipinski definition) is 3. The summed E-state index contributed by atoms with van der Waals surface area (Å²) < 4.78 is 5.23. The molecule has 2 amide bonds. The highest BCUT2D eigenvalue weighted by Gasteiger charge is 2.20. The van der Waals surface area contributed by atoms with Gasteiger partial charge in [0.05, 0.1) is 13.2 Å². The molecule has 0 bridgehead atoms. The molecule has 5 heteroatoms. The number of aliphatic hydroxyl groups is 1. The molecule has 5 nitrogen and oxygen atoms in total. The Labute approximate surface area is 83.8 Å². The minimum Gasteiger partial charge on any atom is -0.394 e. The lowest BCUT2D eigenvalue weighted by atomic mass is 9.98. The average Bonchev–Trinajstić information content (AvgIpc) is 2.19. The summed E-state index contributed by atoms with van der Waals surface area (Å²) in [5.41, 5.74) is 5.16. The molecule has 0 atom stereocenters. The molecule has 1 aliphatic rings. The second kappa shape index (κ2) is 5.82. The summed E-state index contributed by atoms with van der Waals surface area (Å²) >= 11 is 0. The van der Waals surface area contributed by atoms with Crippen LogP contribution in [0.5, 0.6) is 0 Å². The minimum atomic E-state index is -0.334. The van der Waals surface area contributed by atoms with Gasteiger partial charge in [0, 0.05) is 19.7 Å². The number of likely N-dealkylation sites (tertiary alicyclic amines) is 1. The van der Waals surface area contributed by atoms with Gasteiger partial charge in [-0.1, -0.05) is 0 Å². The van der Waals surface area contributed by atoms with Crippen LogP contribution in [0.2, 0.25) is 0 Å². The summed E-state index contributed by atoms with van der Waals surface area (Å²) in [6.45, 7) is 2.59. The topological polar surface area (TPSA) is 75.8 Å². The fraction of sp³-hybridized carbons (Fsp3) is 0.889. The van der Waals surface area contributed by atoms with Crippen LogP contribution in [-0.2, 0) is 4.74 Å². The van der Waals surface area contributed by atoms with Gasteiger partial charge in [0.25, 0.3) is 0 Å². The summed E-state index contributed by atoms with van der Waals surface area (Å²) in [6, 6.07) is -0.334. The molecule has 1 saturated heterocycles. The molecule has 0 saturated carbocycles. The van der Waals surface area contributed by atoms with Crippen molar-refractivity contribution in [3.05, 3.63) is 0 Å². The molecule has 82 valence electrons. The van der Waals surface area contributed by atoms with E-state index >= 15 is 0 Å². The van der Waals surface area contributed by atoms with E-state index in [4.69, 9.17) is 15.6 Å². The molecular formula is C9H18N2O3. The van der Waals surface area contributed by atoms with Gasteiger partial charge in [0.2, 0.25) is 0 Å². The standard InChI is InChI=1S/C9H18N2O3/c10-9(13)11-3-1-8(2-4-11)7-14-6-5-12/h8,12H,1-7H2,(H2,10,13). The minimum absolute atomic E-state index is 0.0696. The monoisotopic (exact) mass is 202 g/mol. The van der Waals surface area contributed by atoms with Crippen LogP contribution in [-0.4, -0.2) is 48.9 Å². The maximum absolute atomic E-state index is 10.8. The van der Waals surface area contributed by atoms with E-state index in [0.717, 1.165) is 25.9 Å². The number of carbonyl (C=O) groups excluding carboxylic acids is 1. The van der Waals surface area contributed by atoms with Gasteiger partial charge >= 0.3 is 6.03 Å². The molecule has 0 spiro atoms. The number of urea groups is 1. The van der Waals surface area contributed by atoms with Crippen LogP contribution < -0.4 is 5.73 Å². The zero-order chi connectivity index (χ0) is 10.4. The molecule has 1 fully saturated rings. The first-order chi connectivity index (χ1) is 6.74. The molecule has 0 radical (unpaired) electrons. The van der Waals surface area contributed by atoms with E-state index in [0.29, 0.717) is 19.1 Å². The lowest BCUT2D eigenvalue weighted by Gasteiger charge is -2.30. The van der Waals surface area contributed by atoms with Gasteiger partial charge in [-0.15, -0.1) is 0 Å². The fourth-order valence-corrected chi connectivity index (χ4v) is 1.63. The zero-order valence-corrected chi connectivity index (χ0v) is 8.32. The Bertz CT molecular complexity index is 179. The number of ether oxygens (including phenoxy) is 1. The maximum atomic E-state index is 10.8. The highest BCUT2D eigenvalue weighted by molar-refractivity contribution is 5.72. The second-order valence-corrected chi connectivity index (χ2v) is 3.57. The van der Waals surface area contributed by atoms with Crippen LogP contribution in [0.1, 0.15) is 12.8 Å². The molecule has 3 N–H and O–H groups in total. The quantitative estimate of drug-likeness (QED) is 0.619. The molecule has 0 aromatic carbocycles. The number of rotatable bonds is 4. The molecule has 1 aliphatic heterocycles. The van der Waals surface area contributed by atoms with Gasteiger partial charge in [-0.05, 0) is 18.8 Å².